The van der Waals surface area contributed by atoms with Gasteiger partial charge in [0.25, 0.3) is 0 Å². The molecular formula is C15H23NO3. The van der Waals surface area contributed by atoms with Crippen molar-refractivity contribution in [1.29, 1.82) is 0 Å². The molecule has 0 aromatic heterocycles. The maximum atomic E-state index is 8.88. The van der Waals surface area contributed by atoms with Gasteiger partial charge in [0.15, 0.2) is 11.5 Å². The molecule has 1 aliphatic heterocycles. The van der Waals surface area contributed by atoms with E-state index in [-0.39, 0.29) is 6.61 Å². The van der Waals surface area contributed by atoms with Crippen molar-refractivity contribution in [2.24, 2.45) is 5.92 Å². The molecule has 0 saturated carbocycles. The third-order valence-electron chi connectivity index (χ3n) is 3.28. The van der Waals surface area contributed by atoms with Crippen LogP contribution < -0.4 is 14.8 Å². The molecule has 1 unspecified atom stereocenters. The SMILES string of the molecule is CC(CCO)CNCc1cccc2c1OCCCO2. The standard InChI is InChI=1S/C15H23NO3/c1-12(6-7-17)10-16-11-13-4-2-5-14-15(13)19-9-3-8-18-14/h2,4-5,12,16-17H,3,6-11H2,1H3. The molecule has 2 N–H and O–H groups in total. The number of rotatable bonds is 6. The molecule has 0 spiro atoms. The first kappa shape index (κ1) is 14.2. The summed E-state index contributed by atoms with van der Waals surface area (Å²) in [6.07, 6.45) is 1.76. The van der Waals surface area contributed by atoms with Crippen LogP contribution in [0.25, 0.3) is 0 Å². The van der Waals surface area contributed by atoms with Gasteiger partial charge in [0.2, 0.25) is 0 Å². The second-order valence-corrected chi connectivity index (χ2v) is 5.04. The zero-order chi connectivity index (χ0) is 13.5. The molecule has 0 fully saturated rings. The zero-order valence-electron chi connectivity index (χ0n) is 11.5. The minimum Gasteiger partial charge on any atom is -0.490 e. The van der Waals surface area contributed by atoms with Gasteiger partial charge in [-0.3, -0.25) is 0 Å². The molecule has 1 atom stereocenters. The van der Waals surface area contributed by atoms with Crippen LogP contribution in [0, 0.1) is 5.92 Å². The fourth-order valence-electron chi connectivity index (χ4n) is 2.17. The number of para-hydroxylation sites is 1. The average molecular weight is 265 g/mol. The van der Waals surface area contributed by atoms with Gasteiger partial charge < -0.3 is 19.9 Å². The first-order valence-corrected chi connectivity index (χ1v) is 7.00. The van der Waals surface area contributed by atoms with Crippen molar-refractivity contribution in [1.82, 2.24) is 5.32 Å². The van der Waals surface area contributed by atoms with Crippen LogP contribution >= 0.6 is 0 Å². The maximum absolute atomic E-state index is 8.88. The Morgan fingerprint density at radius 3 is 3.00 bits per heavy atom. The lowest BCUT2D eigenvalue weighted by molar-refractivity contribution is 0.260. The molecule has 19 heavy (non-hydrogen) atoms. The van der Waals surface area contributed by atoms with Crippen molar-refractivity contribution in [3.63, 3.8) is 0 Å². The molecule has 106 valence electrons. The quantitative estimate of drug-likeness (QED) is 0.825. The highest BCUT2D eigenvalue weighted by Gasteiger charge is 2.14. The molecule has 4 nitrogen and oxygen atoms in total. The summed E-state index contributed by atoms with van der Waals surface area (Å²) in [7, 11) is 0. The maximum Gasteiger partial charge on any atom is 0.165 e. The first-order chi connectivity index (χ1) is 9.31. The topological polar surface area (TPSA) is 50.7 Å². The normalized spacial score (nSPS) is 15.9. The number of benzene rings is 1. The lowest BCUT2D eigenvalue weighted by atomic mass is 10.1. The molecule has 0 aliphatic carbocycles. The van der Waals surface area contributed by atoms with Crippen LogP contribution in [0.1, 0.15) is 25.3 Å². The second kappa shape index (κ2) is 7.36. The Labute approximate surface area is 114 Å². The zero-order valence-corrected chi connectivity index (χ0v) is 11.5. The van der Waals surface area contributed by atoms with Gasteiger partial charge in [-0.05, 0) is 24.9 Å². The third-order valence-corrected chi connectivity index (χ3v) is 3.28. The number of aliphatic hydroxyl groups excluding tert-OH is 1. The Kier molecular flexibility index (Phi) is 5.48. The van der Waals surface area contributed by atoms with E-state index in [4.69, 9.17) is 14.6 Å². The second-order valence-electron chi connectivity index (χ2n) is 5.04. The summed E-state index contributed by atoms with van der Waals surface area (Å²) in [5.41, 5.74) is 1.13. The van der Waals surface area contributed by atoms with Gasteiger partial charge in [-0.1, -0.05) is 19.1 Å². The Morgan fingerprint density at radius 1 is 1.32 bits per heavy atom. The van der Waals surface area contributed by atoms with Crippen molar-refractivity contribution >= 4 is 0 Å². The molecule has 1 aromatic carbocycles. The summed E-state index contributed by atoms with van der Waals surface area (Å²) in [6.45, 7) is 5.48. The Hall–Kier alpha value is -1.26. The lowest BCUT2D eigenvalue weighted by Gasteiger charge is -2.15. The van der Waals surface area contributed by atoms with Gasteiger partial charge in [-0.15, -0.1) is 0 Å². The molecular weight excluding hydrogens is 242 g/mol. The molecule has 1 heterocycles. The van der Waals surface area contributed by atoms with Crippen molar-refractivity contribution < 1.29 is 14.6 Å². The summed E-state index contributed by atoms with van der Waals surface area (Å²) in [5.74, 6) is 2.20. The Bertz CT molecular complexity index is 395. The molecule has 1 aromatic rings. The van der Waals surface area contributed by atoms with Crippen LogP contribution in [0.5, 0.6) is 11.5 Å². The number of nitrogens with one attached hydrogen (secondary N) is 1. The fourth-order valence-corrected chi connectivity index (χ4v) is 2.17. The van der Waals surface area contributed by atoms with E-state index < -0.39 is 0 Å². The smallest absolute Gasteiger partial charge is 0.165 e. The van der Waals surface area contributed by atoms with E-state index in [1.165, 1.54) is 0 Å². The summed E-state index contributed by atoms with van der Waals surface area (Å²) < 4.78 is 11.4. The number of aliphatic hydroxyl groups is 1. The van der Waals surface area contributed by atoms with Crippen molar-refractivity contribution in [2.45, 2.75) is 26.3 Å². The minimum atomic E-state index is 0.251. The summed E-state index contributed by atoms with van der Waals surface area (Å²) in [4.78, 5) is 0. The van der Waals surface area contributed by atoms with E-state index in [0.717, 1.165) is 49.6 Å². The molecule has 1 aliphatic rings. The highest BCUT2D eigenvalue weighted by atomic mass is 16.5. The summed E-state index contributed by atoms with van der Waals surface area (Å²) >= 11 is 0. The third kappa shape index (κ3) is 4.11. The molecule has 0 radical (unpaired) electrons. The fraction of sp³-hybridized carbons (Fsp3) is 0.600. The van der Waals surface area contributed by atoms with Gasteiger partial charge in [0, 0.05) is 25.1 Å². The van der Waals surface area contributed by atoms with Gasteiger partial charge in [-0.2, -0.15) is 0 Å². The van der Waals surface area contributed by atoms with Crippen LogP contribution in [-0.4, -0.2) is 31.5 Å². The van der Waals surface area contributed by atoms with Crippen molar-refractivity contribution in [3.05, 3.63) is 23.8 Å². The van der Waals surface area contributed by atoms with E-state index in [2.05, 4.69) is 18.3 Å². The van der Waals surface area contributed by atoms with E-state index in [9.17, 15) is 0 Å². The van der Waals surface area contributed by atoms with Crippen molar-refractivity contribution in [3.8, 4) is 11.5 Å². The number of hydrogen-bond acceptors (Lipinski definition) is 4. The van der Waals surface area contributed by atoms with E-state index >= 15 is 0 Å². The monoisotopic (exact) mass is 265 g/mol. The largest absolute Gasteiger partial charge is 0.490 e. The van der Waals surface area contributed by atoms with E-state index in [1.807, 2.05) is 12.1 Å². The lowest BCUT2D eigenvalue weighted by Crippen LogP contribution is -2.21. The molecule has 2 rings (SSSR count). The van der Waals surface area contributed by atoms with Crippen LogP contribution in [0.2, 0.25) is 0 Å². The van der Waals surface area contributed by atoms with Gasteiger partial charge >= 0.3 is 0 Å². The number of fused-ring (bicyclic) bond motifs is 1. The Morgan fingerprint density at radius 2 is 2.16 bits per heavy atom. The molecule has 0 bridgehead atoms. The van der Waals surface area contributed by atoms with E-state index in [1.54, 1.807) is 0 Å². The van der Waals surface area contributed by atoms with Crippen LogP contribution in [0.3, 0.4) is 0 Å². The van der Waals surface area contributed by atoms with Crippen LogP contribution in [0.4, 0.5) is 0 Å². The predicted octanol–water partition coefficient (Wildman–Crippen LogP) is 1.96. The number of ether oxygens (including phenoxy) is 2. The predicted molar refractivity (Wildman–Crippen MR) is 74.6 cm³/mol. The Balaban J connectivity index is 1.93. The summed E-state index contributed by atoms with van der Waals surface area (Å²) in [6, 6.07) is 6.03. The van der Waals surface area contributed by atoms with Crippen molar-refractivity contribution in [2.75, 3.05) is 26.4 Å². The van der Waals surface area contributed by atoms with E-state index in [0.29, 0.717) is 12.5 Å². The molecule has 0 saturated heterocycles. The van der Waals surface area contributed by atoms with Gasteiger partial charge in [0.1, 0.15) is 0 Å². The highest BCUT2D eigenvalue weighted by molar-refractivity contribution is 5.46. The minimum absolute atomic E-state index is 0.251. The number of hydrogen-bond donors (Lipinski definition) is 2. The first-order valence-electron chi connectivity index (χ1n) is 7.00. The van der Waals surface area contributed by atoms with Gasteiger partial charge in [0.05, 0.1) is 13.2 Å². The van der Waals surface area contributed by atoms with Crippen LogP contribution in [0.15, 0.2) is 18.2 Å². The average Bonchev–Trinajstić information content (AvgIpc) is 2.65. The molecule has 0 amide bonds. The van der Waals surface area contributed by atoms with Crippen LogP contribution in [-0.2, 0) is 6.54 Å². The molecule has 4 heteroatoms. The summed E-state index contributed by atoms with van der Waals surface area (Å²) in [5, 5.41) is 12.3. The van der Waals surface area contributed by atoms with Gasteiger partial charge in [-0.25, -0.2) is 0 Å². The highest BCUT2D eigenvalue weighted by Crippen LogP contribution is 2.33.